The topological polar surface area (TPSA) is 81.2 Å². The predicted molar refractivity (Wildman–Crippen MR) is 152 cm³/mol. The second-order valence-electron chi connectivity index (χ2n) is 10.6. The van der Waals surface area contributed by atoms with Gasteiger partial charge in [0.15, 0.2) is 0 Å². The minimum atomic E-state index is -4.43. The molecule has 2 aromatic carbocycles. The molecule has 8 nitrogen and oxygen atoms in total. The van der Waals surface area contributed by atoms with Gasteiger partial charge in [-0.1, -0.05) is 28.9 Å². The molecule has 0 bridgehead atoms. The number of rotatable bonds is 5. The minimum absolute atomic E-state index is 0.0397. The lowest BCUT2D eigenvalue weighted by atomic mass is 9.97. The van der Waals surface area contributed by atoms with Gasteiger partial charge in [0.2, 0.25) is 21.8 Å². The lowest BCUT2D eigenvalue weighted by Gasteiger charge is -2.39. The van der Waals surface area contributed by atoms with Gasteiger partial charge >= 0.3 is 6.18 Å². The zero-order chi connectivity index (χ0) is 29.5. The molecule has 5 rings (SSSR count). The molecule has 13 heteroatoms. The average Bonchev–Trinajstić information content (AvgIpc) is 3.39. The molecule has 2 saturated heterocycles. The Morgan fingerprint density at radius 2 is 1.76 bits per heavy atom. The molecule has 0 aliphatic carbocycles. The van der Waals surface area contributed by atoms with E-state index in [-0.39, 0.29) is 36.2 Å². The van der Waals surface area contributed by atoms with E-state index < -0.39 is 27.7 Å². The Morgan fingerprint density at radius 1 is 1.02 bits per heavy atom. The number of anilines is 2. The summed E-state index contributed by atoms with van der Waals surface area (Å²) in [5, 5.41) is 0. The zero-order valence-electron chi connectivity index (χ0n) is 22.7. The fourth-order valence-corrected chi connectivity index (χ4v) is 8.37. The standard InChI is InChI=1S/C28H32BrF3N4O4S/c1-2-25(37)36-10-8-19-15-22(29)17-24(26(19)36)41(39,40)35-9-4-5-20(18-35)27(38)34-13-11-33(12-14-34)23-7-3-6-21(16-23)28(30,31)32/h3,6-7,15-17,20H,2,4-5,8-14,18H2,1H3. The van der Waals surface area contributed by atoms with Crippen LogP contribution in [-0.4, -0.2) is 75.3 Å². The number of piperazine rings is 1. The van der Waals surface area contributed by atoms with Crippen molar-refractivity contribution in [1.82, 2.24) is 9.21 Å². The van der Waals surface area contributed by atoms with Crippen molar-refractivity contribution in [3.63, 3.8) is 0 Å². The van der Waals surface area contributed by atoms with Crippen LogP contribution in [0.4, 0.5) is 24.5 Å². The fraction of sp³-hybridized carbons (Fsp3) is 0.500. The largest absolute Gasteiger partial charge is 0.416 e. The maximum Gasteiger partial charge on any atom is 0.416 e. The van der Waals surface area contributed by atoms with Crippen LogP contribution >= 0.6 is 15.9 Å². The van der Waals surface area contributed by atoms with Crippen LogP contribution in [0.3, 0.4) is 0 Å². The second-order valence-corrected chi connectivity index (χ2v) is 13.4. The molecule has 0 N–H and O–H groups in total. The molecular weight excluding hydrogens is 625 g/mol. The molecule has 1 atom stereocenters. The lowest BCUT2D eigenvalue weighted by Crippen LogP contribution is -2.53. The maximum absolute atomic E-state index is 14.0. The first-order valence-electron chi connectivity index (χ1n) is 13.7. The molecule has 2 fully saturated rings. The van der Waals surface area contributed by atoms with Gasteiger partial charge in [0.1, 0.15) is 4.90 Å². The molecule has 1 unspecified atom stereocenters. The Labute approximate surface area is 246 Å². The molecule has 2 amide bonds. The molecular formula is C28H32BrF3N4O4S. The molecule has 3 heterocycles. The molecule has 0 spiro atoms. The molecule has 41 heavy (non-hydrogen) atoms. The summed E-state index contributed by atoms with van der Waals surface area (Å²) >= 11 is 3.42. The highest BCUT2D eigenvalue weighted by Gasteiger charge is 2.39. The van der Waals surface area contributed by atoms with E-state index in [4.69, 9.17) is 0 Å². The Balaban J connectivity index is 1.29. The van der Waals surface area contributed by atoms with Gasteiger partial charge < -0.3 is 14.7 Å². The van der Waals surface area contributed by atoms with Gasteiger partial charge in [0, 0.05) is 62.4 Å². The van der Waals surface area contributed by atoms with Crippen molar-refractivity contribution in [2.45, 2.75) is 43.7 Å². The summed E-state index contributed by atoms with van der Waals surface area (Å²) in [6.45, 7) is 3.93. The third-order valence-corrected chi connectivity index (χ3v) is 10.4. The minimum Gasteiger partial charge on any atom is -0.368 e. The van der Waals surface area contributed by atoms with Crippen LogP contribution in [0.15, 0.2) is 45.8 Å². The summed E-state index contributed by atoms with van der Waals surface area (Å²) in [5.41, 5.74) is 0.969. The van der Waals surface area contributed by atoms with E-state index in [0.717, 1.165) is 17.7 Å². The van der Waals surface area contributed by atoms with Crippen LogP contribution in [0, 0.1) is 5.92 Å². The number of alkyl halides is 3. The van der Waals surface area contributed by atoms with Gasteiger partial charge in [-0.25, -0.2) is 8.42 Å². The second kappa shape index (κ2) is 11.6. The average molecular weight is 658 g/mol. The number of benzene rings is 2. The normalized spacial score (nSPS) is 20.3. The molecule has 0 saturated carbocycles. The summed E-state index contributed by atoms with van der Waals surface area (Å²) in [7, 11) is -4.00. The number of hydrogen-bond acceptors (Lipinski definition) is 5. The Morgan fingerprint density at radius 3 is 2.44 bits per heavy atom. The third-order valence-electron chi connectivity index (χ3n) is 8.08. The van der Waals surface area contributed by atoms with Crippen molar-refractivity contribution in [1.29, 1.82) is 0 Å². The van der Waals surface area contributed by atoms with E-state index in [1.54, 1.807) is 22.8 Å². The van der Waals surface area contributed by atoms with E-state index in [0.29, 0.717) is 67.8 Å². The molecule has 0 aromatic heterocycles. The van der Waals surface area contributed by atoms with Crippen LogP contribution in [0.2, 0.25) is 0 Å². The number of sulfonamides is 1. The highest BCUT2D eigenvalue weighted by atomic mass is 79.9. The van der Waals surface area contributed by atoms with Gasteiger partial charge in [0.05, 0.1) is 17.2 Å². The summed E-state index contributed by atoms with van der Waals surface area (Å²) < 4.78 is 69.3. The van der Waals surface area contributed by atoms with Gasteiger partial charge in [-0.3, -0.25) is 9.59 Å². The van der Waals surface area contributed by atoms with Crippen molar-refractivity contribution >= 4 is 49.1 Å². The fourth-order valence-electron chi connectivity index (χ4n) is 5.93. The number of piperidine rings is 1. The van der Waals surface area contributed by atoms with E-state index in [1.165, 1.54) is 16.4 Å². The number of carbonyl (C=O) groups is 2. The van der Waals surface area contributed by atoms with Crippen LogP contribution in [0.25, 0.3) is 0 Å². The van der Waals surface area contributed by atoms with Crippen LogP contribution in [-0.2, 0) is 32.2 Å². The SMILES string of the molecule is CCC(=O)N1CCc2cc(Br)cc(S(=O)(=O)N3CCCC(C(=O)N4CCN(c5cccc(C(F)(F)F)c5)CC4)C3)c21. The highest BCUT2D eigenvalue weighted by Crippen LogP contribution is 2.40. The summed E-state index contributed by atoms with van der Waals surface area (Å²) in [6, 6.07) is 8.55. The Kier molecular flexibility index (Phi) is 8.41. The predicted octanol–water partition coefficient (Wildman–Crippen LogP) is 4.52. The monoisotopic (exact) mass is 656 g/mol. The van der Waals surface area contributed by atoms with E-state index in [9.17, 15) is 31.2 Å². The highest BCUT2D eigenvalue weighted by molar-refractivity contribution is 9.10. The van der Waals surface area contributed by atoms with Crippen molar-refractivity contribution in [2.24, 2.45) is 5.92 Å². The number of nitrogens with zero attached hydrogens (tertiary/aromatic N) is 4. The van der Waals surface area contributed by atoms with E-state index in [1.807, 2.05) is 11.0 Å². The van der Waals surface area contributed by atoms with Crippen LogP contribution in [0.5, 0.6) is 0 Å². The molecule has 2 aromatic rings. The van der Waals surface area contributed by atoms with Crippen molar-refractivity contribution in [2.75, 3.05) is 55.6 Å². The zero-order valence-corrected chi connectivity index (χ0v) is 25.1. The molecule has 222 valence electrons. The summed E-state index contributed by atoms with van der Waals surface area (Å²) in [4.78, 5) is 31.2. The maximum atomic E-state index is 14.0. The first-order chi connectivity index (χ1) is 19.4. The quantitative estimate of drug-likeness (QED) is 0.473. The van der Waals surface area contributed by atoms with Gasteiger partial charge in [-0.05, 0) is 55.2 Å². The van der Waals surface area contributed by atoms with Gasteiger partial charge in [-0.2, -0.15) is 17.5 Å². The van der Waals surface area contributed by atoms with E-state index in [2.05, 4.69) is 15.9 Å². The third kappa shape index (κ3) is 5.98. The number of halogens is 4. The number of amides is 2. The molecule has 0 radical (unpaired) electrons. The molecule has 3 aliphatic heterocycles. The van der Waals surface area contributed by atoms with Gasteiger partial charge in [0.25, 0.3) is 0 Å². The number of hydrogen-bond donors (Lipinski definition) is 0. The smallest absolute Gasteiger partial charge is 0.368 e. The summed E-state index contributed by atoms with van der Waals surface area (Å²) in [5.74, 6) is -0.804. The van der Waals surface area contributed by atoms with Crippen LogP contribution in [0.1, 0.15) is 37.3 Å². The lowest BCUT2D eigenvalue weighted by molar-refractivity contribution is -0.137. The van der Waals surface area contributed by atoms with Crippen molar-refractivity contribution in [3.8, 4) is 0 Å². The first kappa shape index (κ1) is 29.8. The Hall–Kier alpha value is -2.64. The van der Waals surface area contributed by atoms with Crippen molar-refractivity contribution < 1.29 is 31.2 Å². The van der Waals surface area contributed by atoms with Crippen molar-refractivity contribution in [3.05, 3.63) is 52.0 Å². The van der Waals surface area contributed by atoms with Crippen LogP contribution < -0.4 is 9.80 Å². The Bertz CT molecular complexity index is 1440. The van der Waals surface area contributed by atoms with E-state index >= 15 is 0 Å². The number of fused-ring (bicyclic) bond motifs is 1. The molecule has 3 aliphatic rings. The number of carbonyl (C=O) groups excluding carboxylic acids is 2. The first-order valence-corrected chi connectivity index (χ1v) is 16.0. The summed E-state index contributed by atoms with van der Waals surface area (Å²) in [6.07, 6.45) is -2.53. The van der Waals surface area contributed by atoms with Gasteiger partial charge in [-0.15, -0.1) is 0 Å².